The molecule has 0 atom stereocenters. The number of aromatic nitrogens is 2. The number of hydrogen-bond donors (Lipinski definition) is 2. The van der Waals surface area contributed by atoms with Crippen molar-refractivity contribution in [3.8, 4) is 0 Å². The van der Waals surface area contributed by atoms with E-state index < -0.39 is 11.8 Å². The minimum absolute atomic E-state index is 0.0590. The highest BCUT2D eigenvalue weighted by Gasteiger charge is 2.14. The monoisotopic (exact) mass is 418 g/mol. The number of anilines is 1. The van der Waals surface area contributed by atoms with Gasteiger partial charge in [-0.3, -0.25) is 14.9 Å². The van der Waals surface area contributed by atoms with Crippen molar-refractivity contribution in [2.75, 3.05) is 11.1 Å². The van der Waals surface area contributed by atoms with Crippen LogP contribution in [-0.2, 0) is 11.3 Å². The minimum Gasteiger partial charge on any atom is -0.356 e. The Labute approximate surface area is 169 Å². The predicted molar refractivity (Wildman–Crippen MR) is 108 cm³/mol. The third-order valence-electron chi connectivity index (χ3n) is 3.39. The van der Waals surface area contributed by atoms with Crippen molar-refractivity contribution in [1.82, 2.24) is 15.5 Å². The molecule has 2 aromatic carbocycles. The number of thioether (sulfide) groups is 1. The number of rotatable bonds is 7. The maximum absolute atomic E-state index is 12.1. The Morgan fingerprint density at radius 3 is 2.56 bits per heavy atom. The number of hydrogen-bond acceptors (Lipinski definition) is 7. The Balaban J connectivity index is 1.46. The van der Waals surface area contributed by atoms with E-state index in [2.05, 4.69) is 20.8 Å². The standard InChI is InChI=1S/C18H15ClN4O2S2/c19-14-9-5-4-8-13(14)16(25)21-15(24)11-26-18-23-22-17(27-18)20-10-12-6-2-1-3-7-12/h1-9H,10-11H2,(H,20,22)(H,21,24,25). The molecule has 6 nitrogen and oxygen atoms in total. The summed E-state index contributed by atoms with van der Waals surface area (Å²) < 4.78 is 0.644. The van der Waals surface area contributed by atoms with Crippen LogP contribution >= 0.6 is 34.7 Å². The van der Waals surface area contributed by atoms with Gasteiger partial charge in [-0.2, -0.15) is 0 Å². The molecule has 1 heterocycles. The topological polar surface area (TPSA) is 84.0 Å². The number of nitrogens with one attached hydrogen (secondary N) is 2. The Kier molecular flexibility index (Phi) is 6.80. The fraction of sp³-hybridized carbons (Fsp3) is 0.111. The van der Waals surface area contributed by atoms with Crippen molar-refractivity contribution >= 4 is 51.6 Å². The van der Waals surface area contributed by atoms with E-state index in [1.807, 2.05) is 30.3 Å². The number of carbonyl (C=O) groups is 2. The second-order valence-corrected chi connectivity index (χ2v) is 7.97. The van der Waals surface area contributed by atoms with Crippen LogP contribution in [0, 0.1) is 0 Å². The van der Waals surface area contributed by atoms with E-state index in [4.69, 9.17) is 11.6 Å². The molecule has 0 radical (unpaired) electrons. The second kappa shape index (κ2) is 9.50. The van der Waals surface area contributed by atoms with Crippen LogP contribution in [0.5, 0.6) is 0 Å². The van der Waals surface area contributed by atoms with Gasteiger partial charge in [-0.25, -0.2) is 0 Å². The summed E-state index contributed by atoms with van der Waals surface area (Å²) in [7, 11) is 0. The maximum atomic E-state index is 12.1. The van der Waals surface area contributed by atoms with Gasteiger partial charge in [-0.1, -0.05) is 77.2 Å². The third-order valence-corrected chi connectivity index (χ3v) is 5.74. The molecule has 0 fully saturated rings. The average Bonchev–Trinajstić information content (AvgIpc) is 3.14. The van der Waals surface area contributed by atoms with Crippen LogP contribution in [0.15, 0.2) is 58.9 Å². The molecule has 0 spiro atoms. The number of halogens is 1. The first-order chi connectivity index (χ1) is 13.1. The highest BCUT2D eigenvalue weighted by molar-refractivity contribution is 8.01. The SMILES string of the molecule is O=C(CSc1nnc(NCc2ccccc2)s1)NC(=O)c1ccccc1Cl. The molecule has 0 aliphatic heterocycles. The zero-order valence-corrected chi connectivity index (χ0v) is 16.4. The molecule has 0 saturated heterocycles. The molecule has 138 valence electrons. The Morgan fingerprint density at radius 2 is 1.78 bits per heavy atom. The zero-order valence-electron chi connectivity index (χ0n) is 14.0. The fourth-order valence-corrected chi connectivity index (χ4v) is 3.88. The Morgan fingerprint density at radius 1 is 1.04 bits per heavy atom. The first-order valence-corrected chi connectivity index (χ1v) is 10.1. The molecule has 0 bridgehead atoms. The van der Waals surface area contributed by atoms with Crippen LogP contribution in [0.4, 0.5) is 5.13 Å². The van der Waals surface area contributed by atoms with Crippen LogP contribution in [0.3, 0.4) is 0 Å². The van der Waals surface area contributed by atoms with E-state index >= 15 is 0 Å². The highest BCUT2D eigenvalue weighted by Crippen LogP contribution is 2.25. The van der Waals surface area contributed by atoms with E-state index in [1.54, 1.807) is 24.3 Å². The van der Waals surface area contributed by atoms with Crippen molar-refractivity contribution in [3.63, 3.8) is 0 Å². The lowest BCUT2D eigenvalue weighted by atomic mass is 10.2. The Bertz CT molecular complexity index is 934. The quantitative estimate of drug-likeness (QED) is 0.567. The van der Waals surface area contributed by atoms with Gasteiger partial charge in [0.1, 0.15) is 0 Å². The second-order valence-electron chi connectivity index (χ2n) is 5.36. The maximum Gasteiger partial charge on any atom is 0.259 e. The van der Waals surface area contributed by atoms with Crippen LogP contribution in [0.2, 0.25) is 5.02 Å². The Hall–Kier alpha value is -2.42. The molecule has 2 amide bonds. The number of nitrogens with zero attached hydrogens (tertiary/aromatic N) is 2. The molecule has 27 heavy (non-hydrogen) atoms. The lowest BCUT2D eigenvalue weighted by molar-refractivity contribution is -0.117. The normalized spacial score (nSPS) is 10.4. The van der Waals surface area contributed by atoms with E-state index in [-0.39, 0.29) is 11.3 Å². The number of imide groups is 1. The third kappa shape index (κ3) is 5.78. The van der Waals surface area contributed by atoms with E-state index in [0.29, 0.717) is 21.0 Å². The summed E-state index contributed by atoms with van der Waals surface area (Å²) in [6.45, 7) is 0.646. The van der Waals surface area contributed by atoms with Gasteiger partial charge in [-0.15, -0.1) is 10.2 Å². The molecule has 1 aromatic heterocycles. The van der Waals surface area contributed by atoms with Crippen LogP contribution in [-0.4, -0.2) is 27.8 Å². The van der Waals surface area contributed by atoms with Gasteiger partial charge in [0.2, 0.25) is 11.0 Å². The highest BCUT2D eigenvalue weighted by atomic mass is 35.5. The summed E-state index contributed by atoms with van der Waals surface area (Å²) in [5.41, 5.74) is 1.40. The fourth-order valence-electron chi connectivity index (χ4n) is 2.12. The number of carbonyl (C=O) groups excluding carboxylic acids is 2. The molecule has 3 aromatic rings. The molecule has 2 N–H and O–H groups in total. The number of amides is 2. The molecule has 0 aliphatic rings. The summed E-state index contributed by atoms with van der Waals surface area (Å²) in [4.78, 5) is 24.0. The van der Waals surface area contributed by atoms with Gasteiger partial charge in [0.25, 0.3) is 5.91 Å². The molecular weight excluding hydrogens is 404 g/mol. The molecule has 0 saturated carbocycles. The smallest absolute Gasteiger partial charge is 0.259 e. The molecular formula is C18H15ClN4O2S2. The van der Waals surface area contributed by atoms with Gasteiger partial charge in [-0.05, 0) is 17.7 Å². The van der Waals surface area contributed by atoms with Crippen molar-refractivity contribution in [2.24, 2.45) is 0 Å². The van der Waals surface area contributed by atoms with Gasteiger partial charge in [0.15, 0.2) is 4.34 Å². The van der Waals surface area contributed by atoms with Crippen molar-refractivity contribution in [3.05, 3.63) is 70.7 Å². The summed E-state index contributed by atoms with van der Waals surface area (Å²) in [6, 6.07) is 16.5. The predicted octanol–water partition coefficient (Wildman–Crippen LogP) is 3.85. The van der Waals surface area contributed by atoms with Gasteiger partial charge >= 0.3 is 0 Å². The van der Waals surface area contributed by atoms with Gasteiger partial charge < -0.3 is 5.32 Å². The van der Waals surface area contributed by atoms with Crippen molar-refractivity contribution < 1.29 is 9.59 Å². The summed E-state index contributed by atoms with van der Waals surface area (Å²) in [6.07, 6.45) is 0. The number of benzene rings is 2. The van der Waals surface area contributed by atoms with Crippen LogP contribution in [0.1, 0.15) is 15.9 Å². The van der Waals surface area contributed by atoms with Gasteiger partial charge in [0.05, 0.1) is 16.3 Å². The molecule has 3 rings (SSSR count). The van der Waals surface area contributed by atoms with Crippen LogP contribution < -0.4 is 10.6 Å². The summed E-state index contributed by atoms with van der Waals surface area (Å²) in [5, 5.41) is 14.6. The zero-order chi connectivity index (χ0) is 19.1. The largest absolute Gasteiger partial charge is 0.356 e. The van der Waals surface area contributed by atoms with Crippen molar-refractivity contribution in [1.29, 1.82) is 0 Å². The lowest BCUT2D eigenvalue weighted by Crippen LogP contribution is -2.32. The summed E-state index contributed by atoms with van der Waals surface area (Å²) in [5.74, 6) is -0.878. The molecule has 9 heteroatoms. The first-order valence-electron chi connectivity index (χ1n) is 7.94. The molecule has 0 aliphatic carbocycles. The molecule has 0 unspecified atom stereocenters. The van der Waals surface area contributed by atoms with E-state index in [0.717, 1.165) is 5.56 Å². The summed E-state index contributed by atoms with van der Waals surface area (Å²) >= 11 is 8.53. The average molecular weight is 419 g/mol. The minimum atomic E-state index is -0.520. The lowest BCUT2D eigenvalue weighted by Gasteiger charge is -2.04. The first kappa shape index (κ1) is 19.3. The van der Waals surface area contributed by atoms with Crippen LogP contribution in [0.25, 0.3) is 0 Å². The van der Waals surface area contributed by atoms with E-state index in [1.165, 1.54) is 23.1 Å². The van der Waals surface area contributed by atoms with E-state index in [9.17, 15) is 9.59 Å². The van der Waals surface area contributed by atoms with Crippen molar-refractivity contribution in [2.45, 2.75) is 10.9 Å². The van der Waals surface area contributed by atoms with Gasteiger partial charge in [0, 0.05) is 6.54 Å².